The lowest BCUT2D eigenvalue weighted by atomic mass is 10.1. The molecule has 164 valence electrons. The van der Waals surface area contributed by atoms with Gasteiger partial charge in [-0.2, -0.15) is 0 Å². The lowest BCUT2D eigenvalue weighted by molar-refractivity contribution is 0.0635. The topological polar surface area (TPSA) is 113 Å². The number of carbonyl (C=O) groups excluding carboxylic acids is 1. The number of benzene rings is 1. The van der Waals surface area contributed by atoms with Crippen molar-refractivity contribution in [1.82, 2.24) is 14.4 Å². The van der Waals surface area contributed by atoms with Crippen LogP contribution in [0.3, 0.4) is 0 Å². The van der Waals surface area contributed by atoms with Crippen LogP contribution < -0.4 is 15.8 Å². The number of imidazole rings is 1. The minimum atomic E-state index is -0.600. The molecule has 31 heavy (non-hydrogen) atoms. The zero-order chi connectivity index (χ0) is 22.2. The first kappa shape index (κ1) is 20.9. The molecular weight excluding hydrogens is 398 g/mol. The molecule has 0 aliphatic carbocycles. The van der Waals surface area contributed by atoms with Gasteiger partial charge in [0.25, 0.3) is 0 Å². The summed E-state index contributed by atoms with van der Waals surface area (Å²) >= 11 is 0. The average molecular weight is 425 g/mol. The van der Waals surface area contributed by atoms with Gasteiger partial charge in [0.1, 0.15) is 34.2 Å². The first-order valence-corrected chi connectivity index (χ1v) is 10.2. The summed E-state index contributed by atoms with van der Waals surface area (Å²) in [6, 6.07) is 5.43. The van der Waals surface area contributed by atoms with Crippen LogP contribution in [0.4, 0.5) is 16.3 Å². The predicted molar refractivity (Wildman–Crippen MR) is 117 cm³/mol. The molecule has 4 rings (SSSR count). The van der Waals surface area contributed by atoms with E-state index in [1.165, 1.54) is 0 Å². The van der Waals surface area contributed by atoms with E-state index in [1.54, 1.807) is 19.4 Å². The Kier molecular flexibility index (Phi) is 5.45. The monoisotopic (exact) mass is 425 g/mol. The Hall–Kier alpha value is -3.33. The van der Waals surface area contributed by atoms with E-state index >= 15 is 0 Å². The zero-order valence-corrected chi connectivity index (χ0v) is 18.1. The molecule has 0 radical (unpaired) electrons. The van der Waals surface area contributed by atoms with Crippen LogP contribution in [-0.4, -0.2) is 46.4 Å². The summed E-state index contributed by atoms with van der Waals surface area (Å²) in [4.78, 5) is 21.3. The number of carbonyl (C=O) groups is 1. The van der Waals surface area contributed by atoms with Crippen LogP contribution in [0, 0.1) is 0 Å². The third-order valence-corrected chi connectivity index (χ3v) is 5.02. The van der Waals surface area contributed by atoms with Crippen molar-refractivity contribution in [3.8, 4) is 17.0 Å². The number of methoxy groups -OCH3 is 1. The first-order valence-electron chi connectivity index (χ1n) is 10.2. The van der Waals surface area contributed by atoms with Crippen LogP contribution in [0.1, 0.15) is 38.9 Å². The summed E-state index contributed by atoms with van der Waals surface area (Å²) in [5.74, 6) is 1.97. The molecule has 1 aliphatic rings. The van der Waals surface area contributed by atoms with Gasteiger partial charge in [0.2, 0.25) is 0 Å². The summed E-state index contributed by atoms with van der Waals surface area (Å²) in [6.07, 6.45) is 3.89. The Bertz CT molecular complexity index is 1110. The van der Waals surface area contributed by atoms with Crippen molar-refractivity contribution in [1.29, 1.82) is 0 Å². The second-order valence-corrected chi connectivity index (χ2v) is 8.45. The number of nitrogen functional groups attached to an aromatic ring is 1. The Morgan fingerprint density at radius 1 is 1.35 bits per heavy atom. The predicted octanol–water partition coefficient (Wildman–Crippen LogP) is 3.84. The maximum Gasteiger partial charge on any atom is 0.412 e. The summed E-state index contributed by atoms with van der Waals surface area (Å²) in [5, 5.41) is 2.73. The number of fused-ring (bicyclic) bond motifs is 1. The fraction of sp³-hybridized carbons (Fsp3) is 0.409. The third-order valence-electron chi connectivity index (χ3n) is 5.02. The number of hydrogen-bond acceptors (Lipinski definition) is 7. The van der Waals surface area contributed by atoms with E-state index < -0.39 is 11.7 Å². The van der Waals surface area contributed by atoms with Gasteiger partial charge in [-0.3, -0.25) is 9.72 Å². The number of nitrogens with one attached hydrogen (secondary N) is 1. The number of hydrogen-bond donors (Lipinski definition) is 2. The van der Waals surface area contributed by atoms with Crippen LogP contribution in [0.25, 0.3) is 16.8 Å². The van der Waals surface area contributed by atoms with Crippen molar-refractivity contribution in [3.63, 3.8) is 0 Å². The second-order valence-electron chi connectivity index (χ2n) is 8.45. The van der Waals surface area contributed by atoms with Crippen molar-refractivity contribution in [2.24, 2.45) is 0 Å². The maximum atomic E-state index is 12.2. The molecule has 0 spiro atoms. The summed E-state index contributed by atoms with van der Waals surface area (Å²) < 4.78 is 18.4. The number of nitrogens with zero attached hydrogens (tertiary/aromatic N) is 3. The zero-order valence-electron chi connectivity index (χ0n) is 18.1. The summed E-state index contributed by atoms with van der Waals surface area (Å²) in [7, 11) is 1.54. The molecule has 1 unspecified atom stereocenters. The Morgan fingerprint density at radius 3 is 2.84 bits per heavy atom. The van der Waals surface area contributed by atoms with Gasteiger partial charge < -0.3 is 19.9 Å². The molecule has 3 heterocycles. The SMILES string of the molecule is COc1cc(-c2nc(C3CCOC3)n3ccnc(N)c23)ccc1NC(=O)OC(C)(C)C. The Balaban J connectivity index is 1.74. The molecule has 1 aromatic carbocycles. The Labute approximate surface area is 180 Å². The quantitative estimate of drug-likeness (QED) is 0.653. The van der Waals surface area contributed by atoms with E-state index in [0.29, 0.717) is 36.2 Å². The Morgan fingerprint density at radius 2 is 2.16 bits per heavy atom. The molecule has 0 bridgehead atoms. The molecule has 0 saturated carbocycles. The van der Waals surface area contributed by atoms with Crippen LogP contribution >= 0.6 is 0 Å². The molecule has 9 nitrogen and oxygen atoms in total. The third kappa shape index (κ3) is 4.27. The molecule has 1 amide bonds. The number of nitrogens with two attached hydrogens (primary N) is 1. The number of ether oxygens (including phenoxy) is 3. The molecule has 1 aliphatic heterocycles. The standard InChI is InChI=1S/C22H27N5O4/c1-22(2,3)31-21(28)25-15-6-5-13(11-16(15)29-4)17-18-19(23)24-8-9-27(18)20(26-17)14-7-10-30-12-14/h5-6,8-9,11,14H,7,10,12H2,1-4H3,(H2,23,24)(H,25,28). The molecule has 1 atom stereocenters. The van der Waals surface area contributed by atoms with Gasteiger partial charge in [0, 0.05) is 30.5 Å². The van der Waals surface area contributed by atoms with E-state index in [1.807, 2.05) is 43.5 Å². The average Bonchev–Trinajstić information content (AvgIpc) is 3.35. The molecule has 1 fully saturated rings. The van der Waals surface area contributed by atoms with Crippen LogP contribution in [-0.2, 0) is 9.47 Å². The molecule has 1 saturated heterocycles. The smallest absolute Gasteiger partial charge is 0.412 e. The van der Waals surface area contributed by atoms with E-state index in [9.17, 15) is 4.79 Å². The number of amides is 1. The van der Waals surface area contributed by atoms with Gasteiger partial charge in [-0.1, -0.05) is 6.07 Å². The minimum absolute atomic E-state index is 0.193. The molecule has 3 aromatic rings. The highest BCUT2D eigenvalue weighted by Gasteiger charge is 2.26. The normalized spacial score (nSPS) is 16.5. The van der Waals surface area contributed by atoms with Gasteiger partial charge in [-0.25, -0.2) is 14.8 Å². The summed E-state index contributed by atoms with van der Waals surface area (Å²) in [5.41, 5.74) is 8.36. The number of rotatable bonds is 4. The van der Waals surface area contributed by atoms with Gasteiger partial charge in [-0.05, 0) is 39.3 Å². The van der Waals surface area contributed by atoms with Crippen molar-refractivity contribution in [2.75, 3.05) is 31.4 Å². The maximum absolute atomic E-state index is 12.2. The molecule has 3 N–H and O–H groups in total. The van der Waals surface area contributed by atoms with Crippen LogP contribution in [0.15, 0.2) is 30.6 Å². The number of aromatic nitrogens is 3. The van der Waals surface area contributed by atoms with Gasteiger partial charge in [0.15, 0.2) is 0 Å². The molecular formula is C22H27N5O4. The van der Waals surface area contributed by atoms with Crippen molar-refractivity contribution in [3.05, 3.63) is 36.4 Å². The fourth-order valence-electron chi connectivity index (χ4n) is 3.67. The molecule has 9 heteroatoms. The first-order chi connectivity index (χ1) is 14.8. The largest absolute Gasteiger partial charge is 0.495 e. The van der Waals surface area contributed by atoms with E-state index in [-0.39, 0.29) is 5.92 Å². The van der Waals surface area contributed by atoms with Crippen LogP contribution in [0.2, 0.25) is 0 Å². The fourth-order valence-corrected chi connectivity index (χ4v) is 3.67. The van der Waals surface area contributed by atoms with Crippen LogP contribution in [0.5, 0.6) is 5.75 Å². The highest BCUT2D eigenvalue weighted by Crippen LogP contribution is 2.36. The van der Waals surface area contributed by atoms with E-state index in [0.717, 1.165) is 23.3 Å². The van der Waals surface area contributed by atoms with Crippen molar-refractivity contribution >= 4 is 23.1 Å². The highest BCUT2D eigenvalue weighted by atomic mass is 16.6. The van der Waals surface area contributed by atoms with Gasteiger partial charge in [-0.15, -0.1) is 0 Å². The molecule has 2 aromatic heterocycles. The van der Waals surface area contributed by atoms with Gasteiger partial charge >= 0.3 is 6.09 Å². The second kappa shape index (κ2) is 8.07. The highest BCUT2D eigenvalue weighted by molar-refractivity contribution is 5.90. The number of anilines is 2. The lowest BCUT2D eigenvalue weighted by Crippen LogP contribution is -2.27. The lowest BCUT2D eigenvalue weighted by Gasteiger charge is -2.20. The van der Waals surface area contributed by atoms with Crippen molar-refractivity contribution in [2.45, 2.75) is 38.7 Å². The minimum Gasteiger partial charge on any atom is -0.495 e. The van der Waals surface area contributed by atoms with Gasteiger partial charge in [0.05, 0.1) is 19.4 Å². The summed E-state index contributed by atoms with van der Waals surface area (Å²) in [6.45, 7) is 6.77. The van der Waals surface area contributed by atoms with Crippen molar-refractivity contribution < 1.29 is 19.0 Å². The van der Waals surface area contributed by atoms with E-state index in [4.69, 9.17) is 24.9 Å². The van der Waals surface area contributed by atoms with E-state index in [2.05, 4.69) is 10.3 Å².